The Kier molecular flexibility index (Phi) is 5.99. The van der Waals surface area contributed by atoms with E-state index >= 15 is 0 Å². The summed E-state index contributed by atoms with van der Waals surface area (Å²) in [6.07, 6.45) is 3.77. The average molecular weight is 345 g/mol. The zero-order chi connectivity index (χ0) is 17.7. The third kappa shape index (κ3) is 5.34. The molecule has 5 heteroatoms. The van der Waals surface area contributed by atoms with Gasteiger partial charge in [-0.15, -0.1) is 0 Å². The molecule has 0 fully saturated rings. The van der Waals surface area contributed by atoms with Crippen molar-refractivity contribution >= 4 is 23.0 Å². The van der Waals surface area contributed by atoms with E-state index < -0.39 is 0 Å². The first-order valence-electron chi connectivity index (χ1n) is 8.40. The number of thiocarbonyl (C=S) groups is 1. The lowest BCUT2D eigenvalue weighted by molar-refractivity contribution is 0.262. The van der Waals surface area contributed by atoms with Gasteiger partial charge < -0.3 is 10.6 Å². The fourth-order valence-electron chi connectivity index (χ4n) is 2.41. The van der Waals surface area contributed by atoms with Crippen LogP contribution in [-0.2, 0) is 6.54 Å². The molecule has 0 amide bonds. The van der Waals surface area contributed by atoms with Crippen molar-refractivity contribution in [2.75, 3.05) is 5.32 Å². The standard InChI is InChI=1S/C19H28N4S/c1-14(2)15-7-9-16(10-8-15)21-18(24)22-17(19(3,4)5)13-23-12-6-11-20-23/h6-12,14,17H,13H2,1-5H3,(H2,21,22,24). The normalized spacial score (nSPS) is 12.9. The number of nitrogens with one attached hydrogen (secondary N) is 2. The second-order valence-electron chi connectivity index (χ2n) is 7.52. The minimum atomic E-state index is 0.0548. The largest absolute Gasteiger partial charge is 0.357 e. The van der Waals surface area contributed by atoms with Gasteiger partial charge in [0, 0.05) is 18.1 Å². The van der Waals surface area contributed by atoms with Crippen LogP contribution in [0.2, 0.25) is 0 Å². The fourth-order valence-corrected chi connectivity index (χ4v) is 2.67. The Morgan fingerprint density at radius 2 is 1.88 bits per heavy atom. The van der Waals surface area contributed by atoms with E-state index in [0.29, 0.717) is 11.0 Å². The highest BCUT2D eigenvalue weighted by molar-refractivity contribution is 7.80. The van der Waals surface area contributed by atoms with Crippen molar-refractivity contribution in [3.63, 3.8) is 0 Å². The molecule has 0 spiro atoms. The maximum atomic E-state index is 5.51. The summed E-state index contributed by atoms with van der Waals surface area (Å²) in [5.41, 5.74) is 2.38. The monoisotopic (exact) mass is 344 g/mol. The van der Waals surface area contributed by atoms with Crippen LogP contribution in [0, 0.1) is 5.41 Å². The molecule has 1 aromatic heterocycles. The van der Waals surface area contributed by atoms with Crippen molar-refractivity contribution in [1.29, 1.82) is 0 Å². The molecule has 2 aromatic rings. The minimum absolute atomic E-state index is 0.0548. The number of anilines is 1. The molecule has 2 rings (SSSR count). The predicted octanol–water partition coefficient (Wildman–Crippen LogP) is 4.41. The molecular weight excluding hydrogens is 316 g/mol. The minimum Gasteiger partial charge on any atom is -0.357 e. The van der Waals surface area contributed by atoms with Crippen molar-refractivity contribution in [2.45, 2.75) is 53.1 Å². The van der Waals surface area contributed by atoms with Crippen LogP contribution in [0.5, 0.6) is 0 Å². The Balaban J connectivity index is 1.99. The number of aromatic nitrogens is 2. The molecule has 1 aromatic carbocycles. The molecule has 0 bridgehead atoms. The summed E-state index contributed by atoms with van der Waals surface area (Å²) >= 11 is 5.51. The van der Waals surface area contributed by atoms with Gasteiger partial charge in [-0.2, -0.15) is 5.10 Å². The number of hydrogen-bond acceptors (Lipinski definition) is 2. The van der Waals surface area contributed by atoms with Gasteiger partial charge in [-0.05, 0) is 47.3 Å². The molecule has 2 N–H and O–H groups in total. The van der Waals surface area contributed by atoms with E-state index in [-0.39, 0.29) is 11.5 Å². The fraction of sp³-hybridized carbons (Fsp3) is 0.474. The molecule has 0 aliphatic carbocycles. The first-order chi connectivity index (χ1) is 11.3. The number of nitrogens with zero attached hydrogens (tertiary/aromatic N) is 2. The first kappa shape index (κ1) is 18.5. The van der Waals surface area contributed by atoms with Gasteiger partial charge in [0.2, 0.25) is 0 Å². The molecule has 1 heterocycles. The Morgan fingerprint density at radius 3 is 2.38 bits per heavy atom. The molecule has 0 saturated heterocycles. The van der Waals surface area contributed by atoms with Gasteiger partial charge in [0.1, 0.15) is 0 Å². The molecule has 0 aliphatic rings. The van der Waals surface area contributed by atoms with Crippen LogP contribution >= 0.6 is 12.2 Å². The number of hydrogen-bond donors (Lipinski definition) is 2. The molecule has 0 radical (unpaired) electrons. The lowest BCUT2D eigenvalue weighted by Crippen LogP contribution is -2.48. The summed E-state index contributed by atoms with van der Waals surface area (Å²) in [5.74, 6) is 0.531. The Labute approximate surface area is 150 Å². The van der Waals surface area contributed by atoms with Gasteiger partial charge in [0.15, 0.2) is 5.11 Å². The van der Waals surface area contributed by atoms with Crippen LogP contribution in [0.3, 0.4) is 0 Å². The van der Waals surface area contributed by atoms with Gasteiger partial charge in [-0.3, -0.25) is 4.68 Å². The molecule has 24 heavy (non-hydrogen) atoms. The van der Waals surface area contributed by atoms with Crippen molar-refractivity contribution in [2.24, 2.45) is 5.41 Å². The van der Waals surface area contributed by atoms with E-state index in [1.54, 1.807) is 6.20 Å². The van der Waals surface area contributed by atoms with Crippen LogP contribution in [0.15, 0.2) is 42.7 Å². The predicted molar refractivity (Wildman–Crippen MR) is 105 cm³/mol. The van der Waals surface area contributed by atoms with E-state index in [1.165, 1.54) is 5.56 Å². The Bertz CT molecular complexity index is 639. The molecule has 0 aliphatic heterocycles. The van der Waals surface area contributed by atoms with Crippen molar-refractivity contribution in [3.05, 3.63) is 48.3 Å². The first-order valence-corrected chi connectivity index (χ1v) is 8.81. The van der Waals surface area contributed by atoms with E-state index in [0.717, 1.165) is 12.2 Å². The quantitative estimate of drug-likeness (QED) is 0.789. The summed E-state index contributed by atoms with van der Waals surface area (Å²) in [7, 11) is 0. The van der Waals surface area contributed by atoms with Crippen molar-refractivity contribution < 1.29 is 0 Å². The Hall–Kier alpha value is -1.88. The summed E-state index contributed by atoms with van der Waals surface area (Å²) in [5, 5.41) is 11.7. The third-order valence-electron chi connectivity index (χ3n) is 4.11. The second kappa shape index (κ2) is 7.79. The highest BCUT2D eigenvalue weighted by Gasteiger charge is 2.26. The smallest absolute Gasteiger partial charge is 0.171 e. The summed E-state index contributed by atoms with van der Waals surface area (Å²) in [6.45, 7) is 11.8. The van der Waals surface area contributed by atoms with E-state index in [1.807, 2.05) is 16.9 Å². The van der Waals surface area contributed by atoms with Crippen LogP contribution in [-0.4, -0.2) is 20.9 Å². The Morgan fingerprint density at radius 1 is 1.21 bits per heavy atom. The molecule has 1 unspecified atom stereocenters. The van der Waals surface area contributed by atoms with Crippen LogP contribution in [0.25, 0.3) is 0 Å². The second-order valence-corrected chi connectivity index (χ2v) is 7.93. The lowest BCUT2D eigenvalue weighted by Gasteiger charge is -2.32. The van der Waals surface area contributed by atoms with Gasteiger partial charge in [-0.25, -0.2) is 0 Å². The van der Waals surface area contributed by atoms with Crippen molar-refractivity contribution in [3.8, 4) is 0 Å². The maximum Gasteiger partial charge on any atom is 0.171 e. The lowest BCUT2D eigenvalue weighted by atomic mass is 9.87. The van der Waals surface area contributed by atoms with Gasteiger partial charge in [-0.1, -0.05) is 46.8 Å². The summed E-state index contributed by atoms with van der Waals surface area (Å²) < 4.78 is 1.93. The average Bonchev–Trinajstić information content (AvgIpc) is 2.99. The van der Waals surface area contributed by atoms with E-state index in [4.69, 9.17) is 12.2 Å². The molecule has 130 valence electrons. The molecule has 1 atom stereocenters. The van der Waals surface area contributed by atoms with Gasteiger partial charge >= 0.3 is 0 Å². The van der Waals surface area contributed by atoms with Crippen LogP contribution < -0.4 is 10.6 Å². The summed E-state index contributed by atoms with van der Waals surface area (Å²) in [4.78, 5) is 0. The van der Waals surface area contributed by atoms with Gasteiger partial charge in [0.05, 0.1) is 12.6 Å². The maximum absolute atomic E-state index is 5.51. The SMILES string of the molecule is CC(C)c1ccc(NC(=S)NC(Cn2cccn2)C(C)(C)C)cc1. The zero-order valence-corrected chi connectivity index (χ0v) is 16.0. The van der Waals surface area contributed by atoms with Crippen LogP contribution in [0.4, 0.5) is 5.69 Å². The van der Waals surface area contributed by atoms with E-state index in [2.05, 4.69) is 74.6 Å². The topological polar surface area (TPSA) is 41.9 Å². The number of benzene rings is 1. The van der Waals surface area contributed by atoms with Gasteiger partial charge in [0.25, 0.3) is 0 Å². The highest BCUT2D eigenvalue weighted by atomic mass is 32.1. The van der Waals surface area contributed by atoms with E-state index in [9.17, 15) is 0 Å². The zero-order valence-electron chi connectivity index (χ0n) is 15.2. The molecule has 0 saturated carbocycles. The number of rotatable bonds is 5. The highest BCUT2D eigenvalue weighted by Crippen LogP contribution is 2.21. The van der Waals surface area contributed by atoms with Crippen LogP contribution in [0.1, 0.15) is 46.1 Å². The third-order valence-corrected chi connectivity index (χ3v) is 4.33. The molecule has 4 nitrogen and oxygen atoms in total. The summed E-state index contributed by atoms with van der Waals surface area (Å²) in [6, 6.07) is 10.5. The molecular formula is C19H28N4S. The van der Waals surface area contributed by atoms with Crippen molar-refractivity contribution in [1.82, 2.24) is 15.1 Å².